The Labute approximate surface area is 277 Å². The molecule has 6 aromatic rings. The van der Waals surface area contributed by atoms with Crippen LogP contribution in [-0.4, -0.2) is 100.0 Å². The van der Waals surface area contributed by atoms with Gasteiger partial charge >= 0.3 is 0 Å². The molecular weight excluding hydrogens is 618 g/mol. The molecule has 0 saturated carbocycles. The predicted molar refractivity (Wildman–Crippen MR) is 182 cm³/mol. The highest BCUT2D eigenvalue weighted by atomic mass is 16.3. The first-order valence-electron chi connectivity index (χ1n) is 15.5. The molecule has 6 heterocycles. The minimum Gasteiger partial charge on any atom is -0.469 e. The molecule has 254 valence electrons. The van der Waals surface area contributed by atoms with E-state index in [0.717, 1.165) is 41.6 Å². The van der Waals surface area contributed by atoms with Gasteiger partial charge in [-0.3, -0.25) is 4.57 Å². The van der Waals surface area contributed by atoms with Crippen LogP contribution in [0.1, 0.15) is 17.3 Å². The highest BCUT2D eigenvalue weighted by Crippen LogP contribution is 2.23. The fourth-order valence-corrected chi connectivity index (χ4v) is 4.87. The van der Waals surface area contributed by atoms with E-state index >= 15 is 0 Å². The zero-order valence-corrected chi connectivity index (χ0v) is 27.9. The molecule has 18 nitrogen and oxygen atoms in total. The monoisotopic (exact) mass is 659 g/mol. The van der Waals surface area contributed by atoms with Crippen LogP contribution in [0.15, 0.2) is 56.3 Å². The average Bonchev–Trinajstić information content (AvgIpc) is 3.91. The number of anilines is 8. The van der Waals surface area contributed by atoms with E-state index in [4.69, 9.17) is 13.3 Å². The summed E-state index contributed by atoms with van der Waals surface area (Å²) < 4.78 is 18.9. The Balaban J connectivity index is 0.955. The number of aromatic nitrogens is 9. The highest BCUT2D eigenvalue weighted by molar-refractivity contribution is 5.55. The van der Waals surface area contributed by atoms with Gasteiger partial charge in [0.2, 0.25) is 35.7 Å². The van der Waals surface area contributed by atoms with Crippen LogP contribution >= 0.6 is 0 Å². The van der Waals surface area contributed by atoms with Crippen molar-refractivity contribution in [1.82, 2.24) is 45.1 Å². The fraction of sp³-hybridized carbons (Fsp3) is 0.400. The lowest BCUT2D eigenvalue weighted by Gasteiger charge is -2.17. The molecule has 0 aromatic carbocycles. The summed E-state index contributed by atoms with van der Waals surface area (Å²) in [5, 5.41) is 29.6. The summed E-state index contributed by atoms with van der Waals surface area (Å²) >= 11 is 0. The number of rotatable bonds is 17. The molecule has 0 aliphatic heterocycles. The highest BCUT2D eigenvalue weighted by Gasteiger charge is 2.16. The van der Waals surface area contributed by atoms with E-state index in [0.29, 0.717) is 61.6 Å². The van der Waals surface area contributed by atoms with Crippen LogP contribution in [-0.2, 0) is 26.3 Å². The molecule has 0 radical (unpaired) electrons. The normalized spacial score (nSPS) is 11.2. The number of hydrogen-bond acceptors (Lipinski definition) is 15. The quantitative estimate of drug-likeness (QED) is 0.111. The van der Waals surface area contributed by atoms with Gasteiger partial charge in [-0.2, -0.15) is 9.97 Å². The lowest BCUT2D eigenvalue weighted by molar-refractivity contribution is 0.508. The summed E-state index contributed by atoms with van der Waals surface area (Å²) in [6.45, 7) is 2.09. The van der Waals surface area contributed by atoms with Crippen LogP contribution in [0.25, 0.3) is 0 Å². The molecule has 4 N–H and O–H groups in total. The van der Waals surface area contributed by atoms with Crippen molar-refractivity contribution >= 4 is 47.1 Å². The number of hydrogen-bond donors (Lipinski definition) is 4. The van der Waals surface area contributed by atoms with Gasteiger partial charge in [-0.1, -0.05) is 0 Å². The lowest BCUT2D eigenvalue weighted by Crippen LogP contribution is -2.23. The van der Waals surface area contributed by atoms with Gasteiger partial charge in [-0.25, -0.2) is 10.2 Å². The Hall–Kier alpha value is -5.94. The molecule has 0 aliphatic carbocycles. The van der Waals surface area contributed by atoms with E-state index in [1.807, 2.05) is 90.7 Å². The molecule has 48 heavy (non-hydrogen) atoms. The van der Waals surface area contributed by atoms with E-state index in [2.05, 4.69) is 51.2 Å². The Morgan fingerprint density at radius 3 is 2.08 bits per heavy atom. The summed E-state index contributed by atoms with van der Waals surface area (Å²) in [4.78, 5) is 16.8. The van der Waals surface area contributed by atoms with E-state index in [1.165, 1.54) is 0 Å². The number of nitrogens with zero attached hydrogens (tertiary/aromatic N) is 11. The Bertz CT molecular complexity index is 1860. The molecule has 0 bridgehead atoms. The molecule has 0 unspecified atom stereocenters. The van der Waals surface area contributed by atoms with Crippen molar-refractivity contribution in [3.63, 3.8) is 0 Å². The van der Waals surface area contributed by atoms with E-state index in [-0.39, 0.29) is 0 Å². The van der Waals surface area contributed by atoms with Crippen LogP contribution in [0.4, 0.5) is 47.1 Å². The first-order valence-corrected chi connectivity index (χ1v) is 15.5. The number of H-pyrrole nitrogens is 2. The van der Waals surface area contributed by atoms with Crippen molar-refractivity contribution in [2.45, 2.75) is 19.3 Å². The number of aromatic amines is 2. The maximum atomic E-state index is 5.79. The van der Waals surface area contributed by atoms with Crippen molar-refractivity contribution in [3.05, 3.63) is 60.3 Å². The number of nitrogens with one attached hydrogen (secondary N) is 4. The molecule has 0 amide bonds. The van der Waals surface area contributed by atoms with Gasteiger partial charge in [-0.05, 0) is 12.1 Å². The summed E-state index contributed by atoms with van der Waals surface area (Å²) in [5.74, 6) is 6.34. The first-order chi connectivity index (χ1) is 23.2. The Kier molecular flexibility index (Phi) is 9.49. The number of likely N-dealkylation sites (N-methyl/N-ethyl adjacent to an activating group) is 3. The first kappa shape index (κ1) is 32.0. The zero-order valence-electron chi connectivity index (χ0n) is 27.9. The van der Waals surface area contributed by atoms with Crippen molar-refractivity contribution in [2.75, 3.05) is 85.1 Å². The smallest absolute Gasteiger partial charge is 0.246 e. The van der Waals surface area contributed by atoms with Crippen LogP contribution in [0.5, 0.6) is 0 Å². The van der Waals surface area contributed by atoms with Crippen LogP contribution in [0.2, 0.25) is 0 Å². The molecule has 0 aliphatic rings. The minimum absolute atomic E-state index is 0.528. The SMILES string of the molecule is CN(C)c1n[nH]c(N(C)CCc2cc(Nc3nnc(N(C)CCc4cc(Nc5nc(N(C)CCc6ccco6)n[nH]5)co4)n3C)co2)n1. The number of furan rings is 3. The van der Waals surface area contributed by atoms with Gasteiger partial charge in [0, 0.05) is 93.3 Å². The van der Waals surface area contributed by atoms with Crippen molar-refractivity contribution in [1.29, 1.82) is 0 Å². The third-order valence-corrected chi connectivity index (χ3v) is 7.72. The van der Waals surface area contributed by atoms with Crippen molar-refractivity contribution in [3.8, 4) is 0 Å². The fourth-order valence-electron chi connectivity index (χ4n) is 4.87. The Morgan fingerprint density at radius 1 is 0.729 bits per heavy atom. The molecule has 0 saturated heterocycles. The standard InChI is InChI=1S/C30H41N15O3/c1-41(2)26-34-28(38-36-26)43(4)13-10-23-17-21(19-48-23)32-29-39-40-30(45(29)6)44(5)14-11-24-16-20(18-47-24)31-25-33-27(37-35-25)42(3)12-9-22-8-7-15-46-22/h7-8,15-19H,9-14H2,1-6H3,(H,32,39)(H,34,36,38)(H2,31,33,35,37). The van der Waals surface area contributed by atoms with E-state index < -0.39 is 0 Å². The van der Waals surface area contributed by atoms with Gasteiger partial charge in [0.25, 0.3) is 0 Å². The third-order valence-electron chi connectivity index (χ3n) is 7.72. The second-order valence-electron chi connectivity index (χ2n) is 11.7. The molecule has 6 rings (SSSR count). The predicted octanol–water partition coefficient (Wildman–Crippen LogP) is 3.42. The molecule has 6 aromatic heterocycles. The van der Waals surface area contributed by atoms with Gasteiger partial charge < -0.3 is 43.5 Å². The van der Waals surface area contributed by atoms with Gasteiger partial charge in [0.1, 0.15) is 29.8 Å². The summed E-state index contributed by atoms with van der Waals surface area (Å²) in [6, 6.07) is 7.74. The zero-order chi connectivity index (χ0) is 33.6. The Morgan fingerprint density at radius 2 is 1.40 bits per heavy atom. The van der Waals surface area contributed by atoms with Gasteiger partial charge in [0.05, 0.1) is 17.6 Å². The summed E-state index contributed by atoms with van der Waals surface area (Å²) in [6.07, 6.45) is 7.13. The second kappa shape index (κ2) is 14.2. The summed E-state index contributed by atoms with van der Waals surface area (Å²) in [7, 11) is 11.6. The van der Waals surface area contributed by atoms with Crippen LogP contribution in [0, 0.1) is 0 Å². The third kappa shape index (κ3) is 7.71. The van der Waals surface area contributed by atoms with E-state index in [9.17, 15) is 0 Å². The van der Waals surface area contributed by atoms with Crippen LogP contribution in [0.3, 0.4) is 0 Å². The largest absolute Gasteiger partial charge is 0.469 e. The molecule has 0 fully saturated rings. The van der Waals surface area contributed by atoms with Crippen LogP contribution < -0.4 is 30.2 Å². The van der Waals surface area contributed by atoms with E-state index in [1.54, 1.807) is 18.8 Å². The molecule has 0 spiro atoms. The average molecular weight is 660 g/mol. The molecule has 18 heteroatoms. The second-order valence-corrected chi connectivity index (χ2v) is 11.7. The summed E-state index contributed by atoms with van der Waals surface area (Å²) in [5.41, 5.74) is 1.57. The maximum absolute atomic E-state index is 5.79. The van der Waals surface area contributed by atoms with Crippen molar-refractivity contribution in [2.24, 2.45) is 7.05 Å². The lowest BCUT2D eigenvalue weighted by atomic mass is 10.3. The molecule has 0 atom stereocenters. The van der Waals surface area contributed by atoms with Gasteiger partial charge in [-0.15, -0.1) is 20.4 Å². The minimum atomic E-state index is 0.528. The topological polar surface area (TPSA) is 190 Å². The van der Waals surface area contributed by atoms with Gasteiger partial charge in [0.15, 0.2) is 0 Å². The van der Waals surface area contributed by atoms with Crippen molar-refractivity contribution < 1.29 is 13.3 Å². The molecular formula is C30H41N15O3. The maximum Gasteiger partial charge on any atom is 0.246 e.